The zero-order valence-electron chi connectivity index (χ0n) is 12.9. The molecule has 4 aromatic rings. The molecule has 0 saturated heterocycles. The van der Waals surface area contributed by atoms with Gasteiger partial charge in [-0.15, -0.1) is 11.6 Å². The van der Waals surface area contributed by atoms with Crippen LogP contribution in [-0.2, 0) is 0 Å². The van der Waals surface area contributed by atoms with Crippen molar-refractivity contribution in [3.05, 3.63) is 54.6 Å². The number of halogens is 4. The molecule has 0 aliphatic rings. The highest BCUT2D eigenvalue weighted by atomic mass is 35.5. The second-order valence-corrected chi connectivity index (χ2v) is 5.92. The van der Waals surface area contributed by atoms with Crippen LogP contribution in [0.1, 0.15) is 10.9 Å². The Labute approximate surface area is 149 Å². The monoisotopic (exact) mass is 378 g/mol. The van der Waals surface area contributed by atoms with Crippen molar-refractivity contribution in [3.63, 3.8) is 0 Å². The van der Waals surface area contributed by atoms with Crippen LogP contribution in [0.5, 0.6) is 0 Å². The highest BCUT2D eigenvalue weighted by Gasteiger charge is 2.39. The van der Waals surface area contributed by atoms with Gasteiger partial charge in [-0.3, -0.25) is 0 Å². The molecule has 0 spiro atoms. The number of pyridine rings is 2. The van der Waals surface area contributed by atoms with Crippen molar-refractivity contribution in [1.29, 1.82) is 0 Å². The van der Waals surface area contributed by atoms with Gasteiger partial charge < -0.3 is 4.98 Å². The molecule has 10 heteroatoms. The Balaban J connectivity index is 1.61. The van der Waals surface area contributed by atoms with Gasteiger partial charge in [0.1, 0.15) is 5.82 Å². The summed E-state index contributed by atoms with van der Waals surface area (Å²) in [6.45, 7) is 0. The number of nitrogens with zero attached hydrogens (tertiary/aromatic N) is 5. The van der Waals surface area contributed by atoms with E-state index in [1.165, 1.54) is 16.8 Å². The molecule has 0 aliphatic carbocycles. The van der Waals surface area contributed by atoms with Crippen molar-refractivity contribution in [1.82, 2.24) is 29.7 Å². The Kier molecular flexibility index (Phi) is 3.87. The van der Waals surface area contributed by atoms with Crippen molar-refractivity contribution in [2.75, 3.05) is 0 Å². The minimum atomic E-state index is -4.53. The molecule has 0 amide bonds. The lowest BCUT2D eigenvalue weighted by molar-refractivity contribution is -0.131. The molecule has 1 atom stereocenters. The molecule has 0 bridgehead atoms. The van der Waals surface area contributed by atoms with E-state index in [-0.39, 0.29) is 5.56 Å². The molecule has 6 nitrogen and oxygen atoms in total. The first-order chi connectivity index (χ1) is 12.4. The van der Waals surface area contributed by atoms with E-state index >= 15 is 0 Å². The fraction of sp³-hybridized carbons (Fsp3) is 0.125. The number of rotatable bonds is 3. The number of aromatic nitrogens is 6. The minimum absolute atomic E-state index is 0.126. The third-order valence-electron chi connectivity index (χ3n) is 3.70. The van der Waals surface area contributed by atoms with E-state index in [2.05, 4.69) is 25.0 Å². The van der Waals surface area contributed by atoms with Gasteiger partial charge in [-0.25, -0.2) is 19.6 Å². The van der Waals surface area contributed by atoms with Gasteiger partial charge in [0.15, 0.2) is 16.8 Å². The maximum Gasteiger partial charge on any atom is 0.408 e. The zero-order chi connectivity index (χ0) is 18.3. The van der Waals surface area contributed by atoms with Gasteiger partial charge in [0.05, 0.1) is 17.3 Å². The molecule has 0 aliphatic heterocycles. The zero-order valence-corrected chi connectivity index (χ0v) is 13.7. The predicted octanol–water partition coefficient (Wildman–Crippen LogP) is 4.05. The molecular formula is C16H10ClF3N6. The molecule has 0 aromatic carbocycles. The number of fused-ring (bicyclic) bond motifs is 1. The van der Waals surface area contributed by atoms with Gasteiger partial charge >= 0.3 is 6.18 Å². The number of nitrogens with one attached hydrogen (secondary N) is 1. The molecular weight excluding hydrogens is 369 g/mol. The second-order valence-electron chi connectivity index (χ2n) is 5.49. The summed E-state index contributed by atoms with van der Waals surface area (Å²) in [5.74, 6) is 0.944. The van der Waals surface area contributed by atoms with Crippen LogP contribution in [0.4, 0.5) is 13.2 Å². The lowest BCUT2D eigenvalue weighted by Crippen LogP contribution is -2.16. The van der Waals surface area contributed by atoms with Crippen LogP contribution >= 0.6 is 11.6 Å². The number of hydrogen-bond donors (Lipinski definition) is 1. The van der Waals surface area contributed by atoms with E-state index in [1.807, 2.05) is 6.07 Å². The molecule has 1 unspecified atom stereocenters. The molecule has 4 aromatic heterocycles. The maximum absolute atomic E-state index is 12.6. The molecule has 26 heavy (non-hydrogen) atoms. The summed E-state index contributed by atoms with van der Waals surface area (Å²) in [6.07, 6.45) is 1.45. The predicted molar refractivity (Wildman–Crippen MR) is 88.9 cm³/mol. The van der Waals surface area contributed by atoms with Crippen LogP contribution in [0, 0.1) is 0 Å². The largest absolute Gasteiger partial charge is 0.408 e. The highest BCUT2D eigenvalue weighted by molar-refractivity contribution is 6.21. The molecule has 0 fully saturated rings. The Hall–Kier alpha value is -2.94. The molecule has 4 heterocycles. The third kappa shape index (κ3) is 3.01. The first kappa shape index (κ1) is 16.5. The first-order valence-corrected chi connectivity index (χ1v) is 7.88. The average molecular weight is 379 g/mol. The molecule has 0 saturated carbocycles. The molecule has 0 radical (unpaired) electrons. The average Bonchev–Trinajstić information content (AvgIpc) is 3.27. The van der Waals surface area contributed by atoms with Gasteiger partial charge in [0, 0.05) is 18.6 Å². The van der Waals surface area contributed by atoms with E-state index < -0.39 is 11.6 Å². The van der Waals surface area contributed by atoms with Crippen LogP contribution in [-0.4, -0.2) is 35.9 Å². The van der Waals surface area contributed by atoms with Crippen molar-refractivity contribution in [2.45, 2.75) is 11.6 Å². The van der Waals surface area contributed by atoms with Crippen LogP contribution in [0.2, 0.25) is 0 Å². The van der Waals surface area contributed by atoms with Gasteiger partial charge in [-0.1, -0.05) is 6.07 Å². The minimum Gasteiger partial charge on any atom is -0.336 e. The Morgan fingerprint density at radius 2 is 1.96 bits per heavy atom. The summed E-state index contributed by atoms with van der Waals surface area (Å²) < 4.78 is 39.4. The van der Waals surface area contributed by atoms with Crippen molar-refractivity contribution < 1.29 is 13.2 Å². The van der Waals surface area contributed by atoms with E-state index in [9.17, 15) is 13.2 Å². The van der Waals surface area contributed by atoms with Crippen molar-refractivity contribution in [2.24, 2.45) is 0 Å². The Morgan fingerprint density at radius 3 is 2.65 bits per heavy atom. The van der Waals surface area contributed by atoms with Crippen molar-refractivity contribution in [3.8, 4) is 17.2 Å². The van der Waals surface area contributed by atoms with E-state index in [0.717, 1.165) is 11.7 Å². The third-order valence-corrected chi connectivity index (χ3v) is 4.20. The standard InChI is InChI=1S/C16H10ClF3N6/c17-13(16(18,19)20)9-3-4-12(22-6-9)26-8-10(7-23-26)14-24-11-2-1-5-21-15(11)25-14/h1-8,13H,(H,21,24,25). The van der Waals surface area contributed by atoms with E-state index in [0.29, 0.717) is 22.9 Å². The number of H-pyrrole nitrogens is 1. The summed E-state index contributed by atoms with van der Waals surface area (Å²) in [7, 11) is 0. The number of alkyl halides is 4. The summed E-state index contributed by atoms with van der Waals surface area (Å²) >= 11 is 5.40. The fourth-order valence-corrected chi connectivity index (χ4v) is 2.55. The smallest absolute Gasteiger partial charge is 0.336 e. The summed E-state index contributed by atoms with van der Waals surface area (Å²) in [4.78, 5) is 15.7. The van der Waals surface area contributed by atoms with Gasteiger partial charge in [0.25, 0.3) is 0 Å². The SMILES string of the molecule is FC(F)(F)C(Cl)c1ccc(-n2cc(-c3nc4ncccc4[nH]3)cn2)nc1. The maximum atomic E-state index is 12.6. The van der Waals surface area contributed by atoms with Crippen LogP contribution in [0.25, 0.3) is 28.4 Å². The summed E-state index contributed by atoms with van der Waals surface area (Å²) in [5.41, 5.74) is 1.94. The van der Waals surface area contributed by atoms with Crippen LogP contribution in [0.3, 0.4) is 0 Å². The van der Waals surface area contributed by atoms with Crippen LogP contribution in [0.15, 0.2) is 49.1 Å². The first-order valence-electron chi connectivity index (χ1n) is 7.45. The number of aromatic amines is 1. The lowest BCUT2D eigenvalue weighted by Gasteiger charge is -2.13. The Bertz CT molecular complexity index is 1020. The van der Waals surface area contributed by atoms with Crippen LogP contribution < -0.4 is 0 Å². The normalized spacial score (nSPS) is 13.2. The molecule has 132 valence electrons. The van der Waals surface area contributed by atoms with Gasteiger partial charge in [-0.2, -0.15) is 18.3 Å². The summed E-state index contributed by atoms with van der Waals surface area (Å²) in [5, 5.41) is 2.08. The second kappa shape index (κ2) is 6.10. The topological polar surface area (TPSA) is 72.3 Å². The number of imidazole rings is 1. The highest BCUT2D eigenvalue weighted by Crippen LogP contribution is 2.37. The molecule has 4 rings (SSSR count). The van der Waals surface area contributed by atoms with Gasteiger partial charge in [0.2, 0.25) is 0 Å². The van der Waals surface area contributed by atoms with Gasteiger partial charge in [-0.05, 0) is 23.8 Å². The van der Waals surface area contributed by atoms with Crippen molar-refractivity contribution >= 4 is 22.8 Å². The quantitative estimate of drug-likeness (QED) is 0.546. The van der Waals surface area contributed by atoms with E-state index in [4.69, 9.17) is 11.6 Å². The van der Waals surface area contributed by atoms with E-state index in [1.54, 1.807) is 24.7 Å². The summed E-state index contributed by atoms with van der Waals surface area (Å²) in [6, 6.07) is 6.35. The lowest BCUT2D eigenvalue weighted by atomic mass is 10.2. The number of hydrogen-bond acceptors (Lipinski definition) is 4. The fourth-order valence-electron chi connectivity index (χ4n) is 2.42. The Morgan fingerprint density at radius 1 is 1.12 bits per heavy atom. The molecule has 1 N–H and O–H groups in total.